The zero-order valence-electron chi connectivity index (χ0n) is 14.1. The molecule has 24 heavy (non-hydrogen) atoms. The van der Waals surface area contributed by atoms with E-state index in [0.717, 1.165) is 5.52 Å². The van der Waals surface area contributed by atoms with E-state index < -0.39 is 0 Å². The minimum Gasteiger partial charge on any atom is -0.293 e. The molecule has 0 bridgehead atoms. The molecule has 1 aromatic carbocycles. The van der Waals surface area contributed by atoms with Crippen LogP contribution in [0.2, 0.25) is 0 Å². The molecule has 0 N–H and O–H groups in total. The highest BCUT2D eigenvalue weighted by Crippen LogP contribution is 2.24. The third-order valence-corrected chi connectivity index (χ3v) is 6.11. The van der Waals surface area contributed by atoms with Crippen molar-refractivity contribution in [2.24, 2.45) is 0 Å². The zero-order chi connectivity index (χ0) is 15.2. The molecule has 1 fully saturated rings. The van der Waals surface area contributed by atoms with Crippen LogP contribution < -0.4 is 0 Å². The van der Waals surface area contributed by atoms with Gasteiger partial charge in [-0.2, -0.15) is 0 Å². The Morgan fingerprint density at radius 2 is 2.00 bits per heavy atom. The van der Waals surface area contributed by atoms with E-state index >= 15 is 0 Å². The predicted molar refractivity (Wildman–Crippen MR) is 114 cm³/mol. The number of halogens is 2. The first kappa shape index (κ1) is 21.9. The Bertz CT molecular complexity index is 619. The van der Waals surface area contributed by atoms with Crippen LogP contribution in [0.1, 0.15) is 24.8 Å². The number of fused-ring (bicyclic) bond motifs is 1. The Kier molecular flexibility index (Phi) is 10.5. The molecule has 0 atom stereocenters. The summed E-state index contributed by atoms with van der Waals surface area (Å²) in [5.41, 5.74) is 2.45. The standard InChI is InChI=1S/C18H24N2S2.2ClH/c1-15-13-18(19-17-8-4-3-7-16(15)17)22-11-6-2-5-9-20-10-12-21-14-20;;/h3-4,7-8,13H,2,5-6,9-12,14H2,1H3;2*1H. The minimum atomic E-state index is 0. The molecule has 3 rings (SSSR count). The van der Waals surface area contributed by atoms with Crippen molar-refractivity contribution in [1.29, 1.82) is 0 Å². The van der Waals surface area contributed by atoms with Crippen molar-refractivity contribution in [3.63, 3.8) is 0 Å². The molecule has 2 heterocycles. The second kappa shape index (κ2) is 11.5. The van der Waals surface area contributed by atoms with Crippen LogP contribution >= 0.6 is 48.3 Å². The molecule has 0 unspecified atom stereocenters. The lowest BCUT2D eigenvalue weighted by molar-refractivity contribution is 0.346. The van der Waals surface area contributed by atoms with E-state index in [2.05, 4.69) is 53.9 Å². The Labute approximate surface area is 166 Å². The highest BCUT2D eigenvalue weighted by atomic mass is 35.5. The van der Waals surface area contributed by atoms with Crippen molar-refractivity contribution < 1.29 is 0 Å². The summed E-state index contributed by atoms with van der Waals surface area (Å²) in [6.45, 7) is 4.76. The number of nitrogens with zero attached hydrogens (tertiary/aromatic N) is 2. The molecule has 1 saturated heterocycles. The van der Waals surface area contributed by atoms with Crippen LogP contribution in [0.3, 0.4) is 0 Å². The van der Waals surface area contributed by atoms with E-state index in [9.17, 15) is 0 Å². The largest absolute Gasteiger partial charge is 0.293 e. The third-order valence-electron chi connectivity index (χ3n) is 4.09. The number of thioether (sulfide) groups is 2. The molecule has 1 aliphatic heterocycles. The van der Waals surface area contributed by atoms with Gasteiger partial charge < -0.3 is 0 Å². The lowest BCUT2D eigenvalue weighted by Gasteiger charge is -2.12. The summed E-state index contributed by atoms with van der Waals surface area (Å²) in [5.74, 6) is 3.75. The Hall–Kier alpha value is -0.130. The van der Waals surface area contributed by atoms with Crippen molar-refractivity contribution in [3.05, 3.63) is 35.9 Å². The lowest BCUT2D eigenvalue weighted by Crippen LogP contribution is -2.20. The van der Waals surface area contributed by atoms with Crippen molar-refractivity contribution in [2.75, 3.05) is 30.5 Å². The maximum atomic E-state index is 4.77. The summed E-state index contributed by atoms with van der Waals surface area (Å²) >= 11 is 3.97. The average Bonchev–Trinajstić information content (AvgIpc) is 3.04. The quantitative estimate of drug-likeness (QED) is 0.437. The fraction of sp³-hybridized carbons (Fsp3) is 0.500. The number of para-hydroxylation sites is 1. The van der Waals surface area contributed by atoms with Crippen molar-refractivity contribution >= 4 is 59.2 Å². The van der Waals surface area contributed by atoms with E-state index in [1.807, 2.05) is 11.8 Å². The van der Waals surface area contributed by atoms with E-state index in [-0.39, 0.29) is 24.8 Å². The van der Waals surface area contributed by atoms with Gasteiger partial charge in [-0.05, 0) is 49.8 Å². The van der Waals surface area contributed by atoms with Crippen molar-refractivity contribution in [3.8, 4) is 0 Å². The van der Waals surface area contributed by atoms with Crippen LogP contribution in [0, 0.1) is 6.92 Å². The molecule has 0 radical (unpaired) electrons. The van der Waals surface area contributed by atoms with E-state index in [1.54, 1.807) is 0 Å². The fourth-order valence-corrected chi connectivity index (χ4v) is 4.83. The summed E-state index contributed by atoms with van der Waals surface area (Å²) < 4.78 is 0. The van der Waals surface area contributed by atoms with E-state index in [1.165, 1.54) is 65.7 Å². The van der Waals surface area contributed by atoms with Crippen LogP contribution in [-0.2, 0) is 0 Å². The van der Waals surface area contributed by atoms with Crippen molar-refractivity contribution in [1.82, 2.24) is 9.88 Å². The normalized spacial score (nSPS) is 14.4. The molecule has 0 aliphatic carbocycles. The molecule has 2 nitrogen and oxygen atoms in total. The first-order valence-corrected chi connectivity index (χ1v) is 10.3. The van der Waals surface area contributed by atoms with Gasteiger partial charge >= 0.3 is 0 Å². The molecule has 134 valence electrons. The van der Waals surface area contributed by atoms with Gasteiger partial charge in [0, 0.05) is 23.6 Å². The van der Waals surface area contributed by atoms with Gasteiger partial charge in [-0.1, -0.05) is 24.6 Å². The topological polar surface area (TPSA) is 16.1 Å². The smallest absolute Gasteiger partial charge is 0.0970 e. The van der Waals surface area contributed by atoms with Gasteiger partial charge in [-0.25, -0.2) is 4.98 Å². The number of aromatic nitrogens is 1. The van der Waals surface area contributed by atoms with E-state index in [0.29, 0.717) is 0 Å². The Morgan fingerprint density at radius 3 is 2.79 bits per heavy atom. The Morgan fingerprint density at radius 1 is 1.17 bits per heavy atom. The van der Waals surface area contributed by atoms with Crippen LogP contribution in [-0.4, -0.2) is 40.4 Å². The second-order valence-corrected chi connectivity index (χ2v) is 8.05. The molecular formula is C18H26Cl2N2S2. The minimum absolute atomic E-state index is 0. The van der Waals surface area contributed by atoms with Gasteiger partial charge in [0.2, 0.25) is 0 Å². The first-order chi connectivity index (χ1) is 10.8. The molecular weight excluding hydrogens is 379 g/mol. The molecule has 1 aliphatic rings. The molecule has 0 amide bonds. The van der Waals surface area contributed by atoms with Gasteiger partial charge in [0.15, 0.2) is 0 Å². The van der Waals surface area contributed by atoms with Crippen LogP contribution in [0.5, 0.6) is 0 Å². The summed E-state index contributed by atoms with van der Waals surface area (Å²) in [6.07, 6.45) is 3.96. The number of aryl methyl sites for hydroxylation is 1. The average molecular weight is 405 g/mol. The van der Waals surface area contributed by atoms with Gasteiger partial charge in [0.25, 0.3) is 0 Å². The summed E-state index contributed by atoms with van der Waals surface area (Å²) in [4.78, 5) is 7.34. The number of unbranched alkanes of at least 4 members (excludes halogenated alkanes) is 2. The lowest BCUT2D eigenvalue weighted by atomic mass is 10.1. The highest BCUT2D eigenvalue weighted by molar-refractivity contribution is 7.99. The van der Waals surface area contributed by atoms with Gasteiger partial charge in [-0.15, -0.1) is 48.3 Å². The van der Waals surface area contributed by atoms with Gasteiger partial charge in [-0.3, -0.25) is 4.90 Å². The number of hydrogen-bond donors (Lipinski definition) is 0. The van der Waals surface area contributed by atoms with Crippen LogP contribution in [0.4, 0.5) is 0 Å². The predicted octanol–water partition coefficient (Wildman–Crippen LogP) is 5.66. The molecule has 0 spiro atoms. The third kappa shape index (κ3) is 6.30. The number of hydrogen-bond acceptors (Lipinski definition) is 4. The first-order valence-electron chi connectivity index (χ1n) is 8.12. The highest BCUT2D eigenvalue weighted by Gasteiger charge is 2.10. The molecule has 1 aromatic heterocycles. The monoisotopic (exact) mass is 404 g/mol. The van der Waals surface area contributed by atoms with Gasteiger partial charge in [0.05, 0.1) is 10.5 Å². The van der Waals surface area contributed by atoms with E-state index in [4.69, 9.17) is 4.98 Å². The fourth-order valence-electron chi connectivity index (χ4n) is 2.81. The van der Waals surface area contributed by atoms with Gasteiger partial charge in [0.1, 0.15) is 0 Å². The SMILES string of the molecule is Cc1cc(SCCCCCN2CCSC2)nc2ccccc12.Cl.Cl. The summed E-state index contributed by atoms with van der Waals surface area (Å²) in [5, 5.41) is 2.45. The second-order valence-electron chi connectivity index (χ2n) is 5.86. The number of rotatable bonds is 7. The summed E-state index contributed by atoms with van der Waals surface area (Å²) in [7, 11) is 0. The molecule has 0 saturated carbocycles. The number of pyridine rings is 1. The maximum Gasteiger partial charge on any atom is 0.0970 e. The van der Waals surface area contributed by atoms with Crippen LogP contribution in [0.25, 0.3) is 10.9 Å². The summed E-state index contributed by atoms with van der Waals surface area (Å²) in [6, 6.07) is 10.7. The van der Waals surface area contributed by atoms with Crippen molar-refractivity contribution in [2.45, 2.75) is 31.2 Å². The Balaban J connectivity index is 0.00000144. The van der Waals surface area contributed by atoms with Crippen LogP contribution in [0.15, 0.2) is 35.4 Å². The molecule has 6 heteroatoms. The molecule has 2 aromatic rings. The zero-order valence-corrected chi connectivity index (χ0v) is 17.3. The maximum absolute atomic E-state index is 4.77. The number of benzene rings is 1.